The number of aliphatic hydroxyl groups is 1. The minimum atomic E-state index is -1.59. The number of carbonyl (C=O) groups is 5. The van der Waals surface area contributed by atoms with Gasteiger partial charge in [-0.15, -0.1) is 0 Å². The van der Waals surface area contributed by atoms with Crippen molar-refractivity contribution >= 4 is 29.8 Å². The number of fused-ring (bicyclic) bond motifs is 5. The van der Waals surface area contributed by atoms with Gasteiger partial charge in [0.2, 0.25) is 0 Å². The van der Waals surface area contributed by atoms with Crippen LogP contribution < -0.4 is 0 Å². The van der Waals surface area contributed by atoms with Crippen LogP contribution in [0.1, 0.15) is 184 Å². The highest BCUT2D eigenvalue weighted by Crippen LogP contribution is 2.65. The smallest absolute Gasteiger partial charge is 0.318 e. The van der Waals surface area contributed by atoms with Gasteiger partial charge in [0.1, 0.15) is 11.2 Å². The minimum absolute atomic E-state index is 0. The van der Waals surface area contributed by atoms with E-state index in [2.05, 4.69) is 13.8 Å². The van der Waals surface area contributed by atoms with Gasteiger partial charge in [-0.3, -0.25) is 24.0 Å². The topological polar surface area (TPSA) is 143 Å². The summed E-state index contributed by atoms with van der Waals surface area (Å²) in [4.78, 5) is 70.2. The molecular weight excluding hydrogens is 785 g/mol. The second-order valence-electron chi connectivity index (χ2n) is 21.9. The van der Waals surface area contributed by atoms with E-state index < -0.39 is 57.4 Å². The summed E-state index contributed by atoms with van der Waals surface area (Å²) in [6, 6.07) is 0. The highest BCUT2D eigenvalue weighted by atomic mass is 16.6. The van der Waals surface area contributed by atoms with Crippen LogP contribution in [0.2, 0.25) is 0 Å². The van der Waals surface area contributed by atoms with E-state index in [9.17, 15) is 19.5 Å². The second-order valence-corrected chi connectivity index (χ2v) is 21.9. The van der Waals surface area contributed by atoms with E-state index in [-0.39, 0.29) is 125 Å². The fourth-order valence-corrected chi connectivity index (χ4v) is 16.6. The number of hydrogen-bond donors (Lipinski definition) is 1. The first-order valence-electron chi connectivity index (χ1n) is 21.5. The first kappa shape index (κ1) is 55.6. The predicted octanol–water partition coefficient (Wildman–Crippen LogP) is 11.3. The Kier molecular flexibility index (Phi) is 16.2. The number of esters is 5. The van der Waals surface area contributed by atoms with Gasteiger partial charge in [0.15, 0.2) is 0 Å². The zero-order chi connectivity index (χ0) is 37.9. The van der Waals surface area contributed by atoms with Crippen molar-refractivity contribution in [2.45, 2.75) is 201 Å². The molecule has 12 fully saturated rings. The number of cyclic esters (lactones) is 3. The first-order valence-corrected chi connectivity index (χ1v) is 21.5. The molecule has 10 nitrogen and oxygen atoms in total. The zero-order valence-corrected chi connectivity index (χ0v) is 32.8. The fourth-order valence-electron chi connectivity index (χ4n) is 16.6. The van der Waals surface area contributed by atoms with Crippen LogP contribution in [0.3, 0.4) is 0 Å². The molecule has 12 unspecified atom stereocenters. The lowest BCUT2D eigenvalue weighted by Gasteiger charge is -2.60. The molecule has 0 aromatic heterocycles. The molecule has 0 radical (unpaired) electrons. The molecular formula is C52H92O10. The van der Waals surface area contributed by atoms with Gasteiger partial charge >= 0.3 is 29.8 Å². The molecule has 2 saturated heterocycles. The van der Waals surface area contributed by atoms with Crippen molar-refractivity contribution in [1.82, 2.24) is 0 Å². The summed E-state index contributed by atoms with van der Waals surface area (Å²) >= 11 is 0. The Bertz CT molecular complexity index is 1640. The minimum Gasteiger partial charge on any atom is -0.465 e. The van der Waals surface area contributed by atoms with Gasteiger partial charge in [0.25, 0.3) is 0 Å². The van der Waals surface area contributed by atoms with Crippen LogP contribution in [0.15, 0.2) is 0 Å². The van der Waals surface area contributed by atoms with Crippen molar-refractivity contribution in [3.8, 4) is 0 Å². The van der Waals surface area contributed by atoms with Gasteiger partial charge in [-0.1, -0.05) is 73.3 Å². The lowest BCUT2D eigenvalue weighted by Crippen LogP contribution is -2.62. The predicted molar refractivity (Wildman–Crippen MR) is 245 cm³/mol. The van der Waals surface area contributed by atoms with Crippen molar-refractivity contribution in [1.29, 1.82) is 0 Å². The van der Waals surface area contributed by atoms with Crippen molar-refractivity contribution in [2.75, 3.05) is 6.61 Å². The summed E-state index contributed by atoms with van der Waals surface area (Å²) in [5, 5.41) is 11.6. The second kappa shape index (κ2) is 18.1. The number of rotatable bonds is 9. The van der Waals surface area contributed by atoms with Crippen molar-refractivity contribution in [3.05, 3.63) is 0 Å². The maximum absolute atomic E-state index is 15.4. The number of hydrogen-bond acceptors (Lipinski definition) is 10. The van der Waals surface area contributed by atoms with Gasteiger partial charge in [-0.05, 0) is 163 Å². The van der Waals surface area contributed by atoms with E-state index in [1.807, 2.05) is 6.92 Å². The summed E-state index contributed by atoms with van der Waals surface area (Å²) in [5.41, 5.74) is -5.14. The molecule has 12 rings (SSSR count). The lowest BCUT2D eigenvalue weighted by molar-refractivity contribution is -0.231. The molecule has 10 heteroatoms. The third-order valence-corrected chi connectivity index (χ3v) is 18.4. The van der Waals surface area contributed by atoms with E-state index in [0.717, 1.165) is 38.5 Å². The summed E-state index contributed by atoms with van der Waals surface area (Å²) in [5.74, 6) is -1.32. The third-order valence-electron chi connectivity index (χ3n) is 18.4. The molecule has 0 aromatic rings. The molecule has 0 spiro atoms. The monoisotopic (exact) mass is 877 g/mol. The van der Waals surface area contributed by atoms with Gasteiger partial charge in [0.05, 0.1) is 40.8 Å². The molecule has 0 aromatic carbocycles. The average Bonchev–Trinajstić information content (AvgIpc) is 3.79. The van der Waals surface area contributed by atoms with Crippen LogP contribution >= 0.6 is 0 Å². The number of ether oxygens (including phenoxy) is 4. The molecule has 0 amide bonds. The van der Waals surface area contributed by atoms with E-state index in [1.165, 1.54) is 6.42 Å². The molecule has 1 N–H and O–H groups in total. The highest BCUT2D eigenvalue weighted by molar-refractivity contribution is 6.00. The molecule has 62 heavy (non-hydrogen) atoms. The first-order chi connectivity index (χ1) is 25.4. The molecule has 360 valence electrons. The number of carbonyl (C=O) groups excluding carboxylic acids is 5. The Hall–Kier alpha value is -2.49. The molecule has 10 aliphatic carbocycles. The van der Waals surface area contributed by atoms with Crippen LogP contribution in [0, 0.1) is 93.7 Å². The van der Waals surface area contributed by atoms with Crippen LogP contribution in [0.4, 0.5) is 0 Å². The zero-order valence-electron chi connectivity index (χ0n) is 32.8. The Morgan fingerprint density at radius 1 is 0.694 bits per heavy atom. The molecule has 2 aliphatic heterocycles. The SMILES string of the molecule is C.C.C.C.C.C.C.C.CC1C(=O)OC(=O)C1C(C)(CC(C)(CC1C(C)C2CC1C1COC(=O)C21)C(=O)OC1(C)C2CC3CC(C2)CC1C3)C(=O)OC12CC3CC(CC(O)(C3)C1)C2. The summed E-state index contributed by atoms with van der Waals surface area (Å²) in [6.45, 7) is 10.0. The Morgan fingerprint density at radius 3 is 1.76 bits per heavy atom. The Morgan fingerprint density at radius 2 is 1.24 bits per heavy atom. The summed E-state index contributed by atoms with van der Waals surface area (Å²) in [6.07, 6.45) is 11.0. The average molecular weight is 877 g/mol. The summed E-state index contributed by atoms with van der Waals surface area (Å²) < 4.78 is 24.4. The quantitative estimate of drug-likeness (QED) is 0.135. The normalized spacial score (nSPS) is 45.7. The van der Waals surface area contributed by atoms with Gasteiger partial charge in [-0.2, -0.15) is 0 Å². The maximum atomic E-state index is 15.4. The highest BCUT2D eigenvalue weighted by Gasteiger charge is 2.67. The van der Waals surface area contributed by atoms with Crippen molar-refractivity contribution in [2.24, 2.45) is 93.7 Å². The Labute approximate surface area is 377 Å². The van der Waals surface area contributed by atoms with E-state index in [0.29, 0.717) is 68.8 Å². The van der Waals surface area contributed by atoms with Gasteiger partial charge in [0, 0.05) is 12.3 Å². The van der Waals surface area contributed by atoms with Crippen molar-refractivity contribution < 1.29 is 48.0 Å². The third kappa shape index (κ3) is 8.00. The standard InChI is InChI=1S/C44H60O10.8CH4/c1-21-29-12-30(32-18-51-36(46)33(29)32)31(21)17-40(3,38(48)53-42(5)27-8-23-6-24(10-27)11-28(42)9-23)19-41(4,34-22(2)35(45)52-37(34)47)39(49)54-44-15-25-7-26(16-44)14-43(50,13-25)20-44;;;;;;;;/h21-34,50H,6-20H2,1-5H3;8*1H4. The molecule has 12 atom stereocenters. The molecule has 12 aliphatic rings. The van der Waals surface area contributed by atoms with E-state index in [4.69, 9.17) is 18.9 Å². The van der Waals surface area contributed by atoms with E-state index in [1.54, 1.807) is 13.8 Å². The molecule has 2 heterocycles. The van der Waals surface area contributed by atoms with E-state index >= 15 is 9.59 Å². The maximum Gasteiger partial charge on any atom is 0.318 e. The van der Waals surface area contributed by atoms with Gasteiger partial charge in [-0.25, -0.2) is 0 Å². The van der Waals surface area contributed by atoms with Crippen LogP contribution in [-0.2, 0) is 42.9 Å². The van der Waals surface area contributed by atoms with Gasteiger partial charge < -0.3 is 24.1 Å². The van der Waals surface area contributed by atoms with Crippen LogP contribution in [0.5, 0.6) is 0 Å². The molecule has 10 saturated carbocycles. The van der Waals surface area contributed by atoms with Crippen molar-refractivity contribution in [3.63, 3.8) is 0 Å². The summed E-state index contributed by atoms with van der Waals surface area (Å²) in [7, 11) is 0. The largest absolute Gasteiger partial charge is 0.465 e. The Balaban J connectivity index is 0.00000165. The van der Waals surface area contributed by atoms with Crippen LogP contribution in [0.25, 0.3) is 0 Å². The lowest BCUT2D eigenvalue weighted by atomic mass is 9.50. The van der Waals surface area contributed by atoms with Crippen LogP contribution in [-0.4, -0.2) is 58.4 Å². The molecule has 10 bridgehead atoms. The fraction of sp³-hybridized carbons (Fsp3) is 0.904.